The van der Waals surface area contributed by atoms with Gasteiger partial charge in [-0.25, -0.2) is 0 Å². The second-order valence-electron chi connectivity index (χ2n) is 6.38. The van der Waals surface area contributed by atoms with E-state index in [1.165, 1.54) is 5.56 Å². The highest BCUT2D eigenvalue weighted by atomic mass is 16.5. The third-order valence-electron chi connectivity index (χ3n) is 4.55. The number of fused-ring (bicyclic) bond motifs is 1. The molecule has 130 valence electrons. The number of carbonyl (C=O) groups is 1. The molecule has 1 aromatic carbocycles. The van der Waals surface area contributed by atoms with Gasteiger partial charge >= 0.3 is 0 Å². The number of hydrogen-bond donors (Lipinski definition) is 3. The summed E-state index contributed by atoms with van der Waals surface area (Å²) in [5, 5.41) is 10.7. The molecule has 1 fully saturated rings. The lowest BCUT2D eigenvalue weighted by Gasteiger charge is -2.19. The molecule has 3 aromatic rings. The zero-order valence-corrected chi connectivity index (χ0v) is 14.1. The molecule has 4 rings (SSSR count). The van der Waals surface area contributed by atoms with Crippen molar-refractivity contribution in [2.24, 2.45) is 0 Å². The lowest BCUT2D eigenvalue weighted by molar-refractivity contribution is 0.0899. The molecule has 0 unspecified atom stereocenters. The SMILES string of the molecule is Cc1ccc2[nH]c(C(=O)N[C@H]3COC[C@H]3Oc3cn[nH]c3)c(C)c2c1. The van der Waals surface area contributed by atoms with Gasteiger partial charge in [0, 0.05) is 10.9 Å². The van der Waals surface area contributed by atoms with E-state index in [0.717, 1.165) is 16.5 Å². The van der Waals surface area contributed by atoms with Crippen LogP contribution in [0, 0.1) is 13.8 Å². The van der Waals surface area contributed by atoms with Gasteiger partial charge in [0.1, 0.15) is 11.8 Å². The maximum atomic E-state index is 12.8. The lowest BCUT2D eigenvalue weighted by Crippen LogP contribution is -2.45. The minimum absolute atomic E-state index is 0.150. The number of aryl methyl sites for hydroxylation is 2. The van der Waals surface area contributed by atoms with Crippen molar-refractivity contribution in [3.63, 3.8) is 0 Å². The summed E-state index contributed by atoms with van der Waals surface area (Å²) in [5.74, 6) is 0.481. The maximum Gasteiger partial charge on any atom is 0.268 e. The molecule has 1 aliphatic heterocycles. The Morgan fingerprint density at radius 3 is 3.04 bits per heavy atom. The molecule has 3 heterocycles. The summed E-state index contributed by atoms with van der Waals surface area (Å²) in [7, 11) is 0. The third kappa shape index (κ3) is 2.98. The average molecular weight is 340 g/mol. The van der Waals surface area contributed by atoms with Gasteiger partial charge in [-0.15, -0.1) is 0 Å². The highest BCUT2D eigenvalue weighted by molar-refractivity contribution is 6.01. The second-order valence-corrected chi connectivity index (χ2v) is 6.38. The van der Waals surface area contributed by atoms with Crippen LogP contribution in [-0.4, -0.2) is 46.4 Å². The molecule has 25 heavy (non-hydrogen) atoms. The zero-order valence-electron chi connectivity index (χ0n) is 14.1. The Morgan fingerprint density at radius 1 is 1.36 bits per heavy atom. The highest BCUT2D eigenvalue weighted by Crippen LogP contribution is 2.23. The van der Waals surface area contributed by atoms with E-state index < -0.39 is 0 Å². The van der Waals surface area contributed by atoms with E-state index in [1.807, 2.05) is 26.0 Å². The summed E-state index contributed by atoms with van der Waals surface area (Å²) >= 11 is 0. The van der Waals surface area contributed by atoms with Crippen LogP contribution in [0.1, 0.15) is 21.6 Å². The molecule has 2 aromatic heterocycles. The number of hydrogen-bond acceptors (Lipinski definition) is 4. The van der Waals surface area contributed by atoms with Gasteiger partial charge in [0.25, 0.3) is 5.91 Å². The Labute approximate surface area is 144 Å². The van der Waals surface area contributed by atoms with Crippen molar-refractivity contribution < 1.29 is 14.3 Å². The maximum absolute atomic E-state index is 12.8. The van der Waals surface area contributed by atoms with Crippen LogP contribution < -0.4 is 10.1 Å². The Kier molecular flexibility index (Phi) is 3.93. The van der Waals surface area contributed by atoms with Gasteiger partial charge in [0.2, 0.25) is 0 Å². The van der Waals surface area contributed by atoms with Crippen molar-refractivity contribution >= 4 is 16.8 Å². The smallest absolute Gasteiger partial charge is 0.268 e. The molecular weight excluding hydrogens is 320 g/mol. The first-order valence-corrected chi connectivity index (χ1v) is 8.25. The number of aromatic amines is 2. The minimum atomic E-state index is -0.242. The van der Waals surface area contributed by atoms with E-state index >= 15 is 0 Å². The van der Waals surface area contributed by atoms with Crippen LogP contribution >= 0.6 is 0 Å². The minimum Gasteiger partial charge on any atom is -0.482 e. The predicted molar refractivity (Wildman–Crippen MR) is 92.8 cm³/mol. The lowest BCUT2D eigenvalue weighted by atomic mass is 10.1. The first kappa shape index (κ1) is 15.7. The quantitative estimate of drug-likeness (QED) is 0.678. The number of H-pyrrole nitrogens is 2. The standard InChI is InChI=1S/C18H20N4O3/c1-10-3-4-14-13(5-10)11(2)17(21-14)18(23)22-15-8-24-9-16(15)25-12-6-19-20-7-12/h3-7,15-16,21H,8-9H2,1-2H3,(H,19,20)(H,22,23)/t15-,16+/m0/s1. The fourth-order valence-electron chi connectivity index (χ4n) is 3.17. The first-order valence-electron chi connectivity index (χ1n) is 8.25. The number of aromatic nitrogens is 3. The number of amides is 1. The Hall–Kier alpha value is -2.80. The molecule has 1 aliphatic rings. The summed E-state index contributed by atoms with van der Waals surface area (Å²) in [6.45, 7) is 4.85. The summed E-state index contributed by atoms with van der Waals surface area (Å²) in [4.78, 5) is 16.0. The van der Waals surface area contributed by atoms with Crippen molar-refractivity contribution in [1.29, 1.82) is 0 Å². The van der Waals surface area contributed by atoms with Gasteiger partial charge in [0.15, 0.2) is 5.75 Å². The van der Waals surface area contributed by atoms with Gasteiger partial charge in [-0.1, -0.05) is 11.6 Å². The van der Waals surface area contributed by atoms with Crippen LogP contribution in [0.4, 0.5) is 0 Å². The van der Waals surface area contributed by atoms with E-state index in [1.54, 1.807) is 12.4 Å². The topological polar surface area (TPSA) is 92.0 Å². The number of benzene rings is 1. The molecular formula is C18H20N4O3. The van der Waals surface area contributed by atoms with Crippen LogP contribution in [0.5, 0.6) is 5.75 Å². The fraction of sp³-hybridized carbons (Fsp3) is 0.333. The Morgan fingerprint density at radius 2 is 2.24 bits per heavy atom. The normalized spacial score (nSPS) is 20.1. The predicted octanol–water partition coefficient (Wildman–Crippen LogP) is 2.08. The fourth-order valence-corrected chi connectivity index (χ4v) is 3.17. The Bertz CT molecular complexity index is 901. The molecule has 7 heteroatoms. The molecule has 1 saturated heterocycles. The number of ether oxygens (including phenoxy) is 2. The van der Waals surface area contributed by atoms with E-state index in [2.05, 4.69) is 26.6 Å². The van der Waals surface area contributed by atoms with Gasteiger partial charge < -0.3 is 19.8 Å². The van der Waals surface area contributed by atoms with Crippen molar-refractivity contribution in [2.45, 2.75) is 26.0 Å². The summed E-state index contributed by atoms with van der Waals surface area (Å²) in [5.41, 5.74) is 3.65. The molecule has 0 bridgehead atoms. The molecule has 0 saturated carbocycles. The van der Waals surface area contributed by atoms with Gasteiger partial charge in [0.05, 0.1) is 31.6 Å². The van der Waals surface area contributed by atoms with Crippen LogP contribution in [0.3, 0.4) is 0 Å². The number of rotatable bonds is 4. The zero-order chi connectivity index (χ0) is 17.4. The second kappa shape index (κ2) is 6.25. The van der Waals surface area contributed by atoms with E-state index in [4.69, 9.17) is 9.47 Å². The largest absolute Gasteiger partial charge is 0.482 e. The van der Waals surface area contributed by atoms with Gasteiger partial charge in [-0.3, -0.25) is 9.89 Å². The molecule has 0 aliphatic carbocycles. The molecule has 0 radical (unpaired) electrons. The van der Waals surface area contributed by atoms with E-state index in [0.29, 0.717) is 24.7 Å². The number of carbonyl (C=O) groups excluding carboxylic acids is 1. The van der Waals surface area contributed by atoms with Crippen LogP contribution in [0.15, 0.2) is 30.6 Å². The van der Waals surface area contributed by atoms with Crippen LogP contribution in [0.2, 0.25) is 0 Å². The van der Waals surface area contributed by atoms with Crippen molar-refractivity contribution in [3.05, 3.63) is 47.4 Å². The molecule has 0 spiro atoms. The third-order valence-corrected chi connectivity index (χ3v) is 4.55. The summed E-state index contributed by atoms with van der Waals surface area (Å²) in [6, 6.07) is 5.90. The highest BCUT2D eigenvalue weighted by Gasteiger charge is 2.32. The average Bonchev–Trinajstić information content (AvgIpc) is 3.31. The van der Waals surface area contributed by atoms with Crippen molar-refractivity contribution in [2.75, 3.05) is 13.2 Å². The van der Waals surface area contributed by atoms with Crippen LogP contribution in [0.25, 0.3) is 10.9 Å². The Balaban J connectivity index is 1.52. The summed E-state index contributed by atoms with van der Waals surface area (Å²) < 4.78 is 11.3. The van der Waals surface area contributed by atoms with E-state index in [9.17, 15) is 4.79 Å². The number of nitrogens with zero attached hydrogens (tertiary/aromatic N) is 1. The van der Waals surface area contributed by atoms with Crippen LogP contribution in [-0.2, 0) is 4.74 Å². The molecule has 3 N–H and O–H groups in total. The van der Waals surface area contributed by atoms with E-state index in [-0.39, 0.29) is 18.1 Å². The van der Waals surface area contributed by atoms with Crippen molar-refractivity contribution in [3.8, 4) is 5.75 Å². The first-order chi connectivity index (χ1) is 12.1. The van der Waals surface area contributed by atoms with Gasteiger partial charge in [-0.05, 0) is 31.5 Å². The molecule has 1 amide bonds. The number of nitrogens with one attached hydrogen (secondary N) is 3. The summed E-state index contributed by atoms with van der Waals surface area (Å²) in [6.07, 6.45) is 3.02. The van der Waals surface area contributed by atoms with Gasteiger partial charge in [-0.2, -0.15) is 5.10 Å². The molecule has 2 atom stereocenters. The molecule has 7 nitrogen and oxygen atoms in total. The van der Waals surface area contributed by atoms with Crippen molar-refractivity contribution in [1.82, 2.24) is 20.5 Å². The monoisotopic (exact) mass is 340 g/mol.